The zero-order valence-corrected chi connectivity index (χ0v) is 20.5. The molecular weight excluding hydrogens is 467 g/mol. The van der Waals surface area contributed by atoms with Crippen molar-refractivity contribution in [1.82, 2.24) is 20.0 Å². The molecule has 1 aliphatic rings. The van der Waals surface area contributed by atoms with Gasteiger partial charge in [0.25, 0.3) is 5.91 Å². The monoisotopic (exact) mass is 496 g/mol. The van der Waals surface area contributed by atoms with Crippen LogP contribution in [0.2, 0.25) is 0 Å². The smallest absolute Gasteiger partial charge is 0.253 e. The highest BCUT2D eigenvalue weighted by Gasteiger charge is 2.27. The topological polar surface area (TPSA) is 67.2 Å². The van der Waals surface area contributed by atoms with Gasteiger partial charge in [0.05, 0.1) is 6.54 Å². The maximum atomic E-state index is 13.2. The van der Waals surface area contributed by atoms with Crippen LogP contribution in [-0.2, 0) is 17.9 Å². The summed E-state index contributed by atoms with van der Waals surface area (Å²) in [5, 5.41) is 7.37. The summed E-state index contributed by atoms with van der Waals surface area (Å²) < 4.78 is 15.0. The van der Waals surface area contributed by atoms with Crippen LogP contribution in [-0.4, -0.2) is 39.6 Å². The Morgan fingerprint density at radius 1 is 0.919 bits per heavy atom. The molecule has 7 heteroatoms. The molecule has 188 valence electrons. The van der Waals surface area contributed by atoms with Crippen molar-refractivity contribution in [2.45, 2.75) is 25.9 Å². The predicted octanol–water partition coefficient (Wildman–Crippen LogP) is 4.91. The molecule has 0 aliphatic carbocycles. The van der Waals surface area contributed by atoms with Crippen molar-refractivity contribution in [3.8, 4) is 11.1 Å². The molecule has 0 radical (unpaired) electrons. The highest BCUT2D eigenvalue weighted by molar-refractivity contribution is 5.94. The third-order valence-electron chi connectivity index (χ3n) is 6.88. The fraction of sp³-hybridized carbons (Fsp3) is 0.233. The van der Waals surface area contributed by atoms with Crippen molar-refractivity contribution in [2.75, 3.05) is 13.1 Å². The average molecular weight is 497 g/mol. The second-order valence-corrected chi connectivity index (χ2v) is 9.35. The lowest BCUT2D eigenvalue weighted by atomic mass is 9.94. The summed E-state index contributed by atoms with van der Waals surface area (Å²) in [4.78, 5) is 27.3. The van der Waals surface area contributed by atoms with E-state index in [9.17, 15) is 14.0 Å². The molecule has 2 heterocycles. The number of halogens is 1. The lowest BCUT2D eigenvalue weighted by Crippen LogP contribution is -2.43. The molecule has 3 aromatic carbocycles. The van der Waals surface area contributed by atoms with Gasteiger partial charge >= 0.3 is 0 Å². The van der Waals surface area contributed by atoms with E-state index in [1.807, 2.05) is 35.1 Å². The molecule has 1 aliphatic heterocycles. The first-order valence-electron chi connectivity index (χ1n) is 12.5. The number of carbonyl (C=O) groups excluding carboxylic acids is 2. The van der Waals surface area contributed by atoms with Crippen LogP contribution in [0.25, 0.3) is 11.1 Å². The van der Waals surface area contributed by atoms with Crippen molar-refractivity contribution < 1.29 is 14.0 Å². The number of nitrogens with zero attached hydrogens (tertiary/aromatic N) is 3. The summed E-state index contributed by atoms with van der Waals surface area (Å²) >= 11 is 0. The number of carbonyl (C=O) groups is 2. The second kappa shape index (κ2) is 11.2. The summed E-state index contributed by atoms with van der Waals surface area (Å²) in [6.07, 6.45) is 4.94. The molecule has 6 nitrogen and oxygen atoms in total. The Bertz CT molecular complexity index is 1340. The van der Waals surface area contributed by atoms with E-state index < -0.39 is 0 Å². The average Bonchev–Trinajstić information content (AvgIpc) is 3.45. The highest BCUT2D eigenvalue weighted by Crippen LogP contribution is 2.25. The van der Waals surface area contributed by atoms with E-state index in [1.165, 1.54) is 29.8 Å². The summed E-state index contributed by atoms with van der Waals surface area (Å²) in [5.74, 6) is -0.608. The first-order valence-corrected chi connectivity index (χ1v) is 12.5. The van der Waals surface area contributed by atoms with Crippen LogP contribution in [0.15, 0.2) is 91.3 Å². The van der Waals surface area contributed by atoms with Crippen LogP contribution in [0.1, 0.15) is 34.3 Å². The van der Waals surface area contributed by atoms with Crippen LogP contribution >= 0.6 is 0 Å². The Morgan fingerprint density at radius 3 is 2.35 bits per heavy atom. The van der Waals surface area contributed by atoms with Crippen molar-refractivity contribution in [1.29, 1.82) is 0 Å². The largest absolute Gasteiger partial charge is 0.352 e. The maximum Gasteiger partial charge on any atom is 0.253 e. The number of nitrogens with one attached hydrogen (secondary N) is 1. The van der Waals surface area contributed by atoms with Gasteiger partial charge in [-0.25, -0.2) is 4.39 Å². The molecule has 0 unspecified atom stereocenters. The Labute approximate surface area is 215 Å². The molecule has 2 amide bonds. The molecule has 1 N–H and O–H groups in total. The predicted molar refractivity (Wildman–Crippen MR) is 140 cm³/mol. The second-order valence-electron chi connectivity index (χ2n) is 9.35. The fourth-order valence-electron chi connectivity index (χ4n) is 4.77. The third kappa shape index (κ3) is 5.94. The van der Waals surface area contributed by atoms with Gasteiger partial charge < -0.3 is 10.2 Å². The van der Waals surface area contributed by atoms with Gasteiger partial charge in [-0.1, -0.05) is 48.5 Å². The SMILES string of the molecule is O=C(NCc1ccccc1-c1ccc(Cn2cccn2)cc1)C1CCN(C(=O)c2ccc(F)cc2)CC1. The number of likely N-dealkylation sites (tertiary alicyclic amines) is 1. The van der Waals surface area contributed by atoms with Crippen molar-refractivity contribution >= 4 is 11.8 Å². The summed E-state index contributed by atoms with van der Waals surface area (Å²) in [7, 11) is 0. The fourth-order valence-corrected chi connectivity index (χ4v) is 4.77. The van der Waals surface area contributed by atoms with Gasteiger partial charge in [0, 0.05) is 43.5 Å². The minimum absolute atomic E-state index is 0.0123. The molecule has 0 atom stereocenters. The van der Waals surface area contributed by atoms with Crippen molar-refractivity contribution in [2.24, 2.45) is 5.92 Å². The van der Waals surface area contributed by atoms with E-state index in [0.29, 0.717) is 38.0 Å². The molecule has 0 saturated carbocycles. The van der Waals surface area contributed by atoms with E-state index in [1.54, 1.807) is 11.1 Å². The molecule has 1 fully saturated rings. The number of hydrogen-bond acceptors (Lipinski definition) is 3. The molecule has 4 aromatic rings. The van der Waals surface area contributed by atoms with E-state index in [-0.39, 0.29) is 23.5 Å². The van der Waals surface area contributed by atoms with Crippen molar-refractivity contribution in [3.63, 3.8) is 0 Å². The van der Waals surface area contributed by atoms with Gasteiger partial charge in [-0.05, 0) is 65.4 Å². The van der Waals surface area contributed by atoms with E-state index in [0.717, 1.165) is 23.2 Å². The van der Waals surface area contributed by atoms with Gasteiger partial charge in [-0.2, -0.15) is 5.10 Å². The molecule has 1 saturated heterocycles. The van der Waals surface area contributed by atoms with Gasteiger partial charge in [-0.15, -0.1) is 0 Å². The third-order valence-corrected chi connectivity index (χ3v) is 6.88. The molecule has 0 bridgehead atoms. The number of amides is 2. The van der Waals surface area contributed by atoms with Crippen LogP contribution < -0.4 is 5.32 Å². The Hall–Kier alpha value is -4.26. The summed E-state index contributed by atoms with van der Waals surface area (Å²) in [5.41, 5.74) is 4.88. The van der Waals surface area contributed by atoms with E-state index >= 15 is 0 Å². The zero-order chi connectivity index (χ0) is 25.6. The molecule has 0 spiro atoms. The molecular formula is C30H29FN4O2. The highest BCUT2D eigenvalue weighted by atomic mass is 19.1. The van der Waals surface area contributed by atoms with Gasteiger partial charge in [0.1, 0.15) is 5.82 Å². The van der Waals surface area contributed by atoms with Gasteiger partial charge in [-0.3, -0.25) is 14.3 Å². The van der Waals surface area contributed by atoms with Crippen LogP contribution in [0.3, 0.4) is 0 Å². The van der Waals surface area contributed by atoms with Gasteiger partial charge in [0.2, 0.25) is 5.91 Å². The zero-order valence-electron chi connectivity index (χ0n) is 20.5. The normalized spacial score (nSPS) is 13.9. The minimum Gasteiger partial charge on any atom is -0.352 e. The Morgan fingerprint density at radius 2 is 1.65 bits per heavy atom. The number of benzene rings is 3. The molecule has 5 rings (SSSR count). The Balaban J connectivity index is 1.16. The van der Waals surface area contributed by atoms with Gasteiger partial charge in [0.15, 0.2) is 0 Å². The number of piperidine rings is 1. The Kier molecular flexibility index (Phi) is 7.40. The van der Waals surface area contributed by atoms with E-state index in [4.69, 9.17) is 0 Å². The van der Waals surface area contributed by atoms with Crippen LogP contribution in [0.5, 0.6) is 0 Å². The lowest BCUT2D eigenvalue weighted by Gasteiger charge is -2.31. The van der Waals surface area contributed by atoms with Crippen LogP contribution in [0.4, 0.5) is 4.39 Å². The van der Waals surface area contributed by atoms with Crippen LogP contribution in [0, 0.1) is 11.7 Å². The number of hydrogen-bond donors (Lipinski definition) is 1. The lowest BCUT2D eigenvalue weighted by molar-refractivity contribution is -0.126. The summed E-state index contributed by atoms with van der Waals surface area (Å²) in [6.45, 7) is 2.18. The quantitative estimate of drug-likeness (QED) is 0.396. The van der Waals surface area contributed by atoms with Crippen molar-refractivity contribution in [3.05, 3.63) is 114 Å². The molecule has 37 heavy (non-hydrogen) atoms. The van der Waals surface area contributed by atoms with E-state index in [2.05, 4.69) is 40.7 Å². The standard InChI is InChI=1S/C30H29FN4O2/c31-27-12-10-25(11-13-27)30(37)34-18-14-24(15-19-34)29(36)32-20-26-4-1-2-5-28(26)23-8-6-22(7-9-23)21-35-17-3-16-33-35/h1-13,16-17,24H,14-15,18-21H2,(H,32,36). The molecule has 1 aromatic heterocycles. The first kappa shape index (κ1) is 24.4. The number of rotatable bonds is 7. The number of aromatic nitrogens is 2. The maximum absolute atomic E-state index is 13.2. The first-order chi connectivity index (χ1) is 18.1. The minimum atomic E-state index is -0.365. The summed E-state index contributed by atoms with van der Waals surface area (Å²) in [6, 6.07) is 24.0.